The van der Waals surface area contributed by atoms with Gasteiger partial charge >= 0.3 is 0 Å². The van der Waals surface area contributed by atoms with E-state index in [1.807, 2.05) is 6.20 Å². The first-order chi connectivity index (χ1) is 10.3. The van der Waals surface area contributed by atoms with E-state index in [0.717, 1.165) is 32.7 Å². The number of thiazole rings is 1. The van der Waals surface area contributed by atoms with Gasteiger partial charge in [-0.2, -0.15) is 0 Å². The molecular weight excluding hydrogens is 318 g/mol. The number of nitrogen functional groups attached to an aromatic ring is 1. The summed E-state index contributed by atoms with van der Waals surface area (Å²) in [6.45, 7) is 3.67. The number of benzene rings is 1. The number of nitrogens with two attached hydrogens (primary N) is 1. The topological polar surface area (TPSA) is 51.4 Å². The zero-order chi connectivity index (χ0) is 14.5. The van der Waals surface area contributed by atoms with Crippen LogP contribution in [0.4, 0.5) is 5.13 Å². The van der Waals surface area contributed by atoms with E-state index in [9.17, 15) is 0 Å². The zero-order valence-corrected chi connectivity index (χ0v) is 14.1. The van der Waals surface area contributed by atoms with Gasteiger partial charge in [-0.25, -0.2) is 4.98 Å². The Bertz CT molecular complexity index is 558. The average Bonchev–Trinajstić information content (AvgIpc) is 3.12. The van der Waals surface area contributed by atoms with Crippen molar-refractivity contribution in [1.29, 1.82) is 0 Å². The van der Waals surface area contributed by atoms with Crippen LogP contribution in [0.15, 0.2) is 36.5 Å². The summed E-state index contributed by atoms with van der Waals surface area (Å²) in [7, 11) is 0. The molecule has 120 valence electrons. The first kappa shape index (κ1) is 17.2. The number of aromatic nitrogens is 1. The highest BCUT2D eigenvalue weighted by Gasteiger charge is 2.20. The van der Waals surface area contributed by atoms with Gasteiger partial charge in [-0.05, 0) is 18.4 Å². The predicted molar refractivity (Wildman–Crippen MR) is 93.3 cm³/mol. The predicted octanol–water partition coefficient (Wildman–Crippen LogP) is 3.33. The lowest BCUT2D eigenvalue weighted by molar-refractivity contribution is 0.0682. The molecular formula is C16H22ClN3OS. The minimum Gasteiger partial charge on any atom is -0.377 e. The molecule has 4 nitrogen and oxygen atoms in total. The number of anilines is 1. The molecule has 0 saturated carbocycles. The van der Waals surface area contributed by atoms with Crippen LogP contribution in [-0.2, 0) is 17.8 Å². The third-order valence-corrected chi connectivity index (χ3v) is 4.50. The van der Waals surface area contributed by atoms with Gasteiger partial charge in [-0.1, -0.05) is 30.3 Å². The number of halogens is 1. The highest BCUT2D eigenvalue weighted by molar-refractivity contribution is 7.15. The summed E-state index contributed by atoms with van der Waals surface area (Å²) in [6, 6.07) is 10.6. The lowest BCUT2D eigenvalue weighted by Gasteiger charge is -2.24. The minimum atomic E-state index is 0. The molecule has 1 unspecified atom stereocenters. The van der Waals surface area contributed by atoms with Gasteiger partial charge in [0.05, 0.1) is 6.10 Å². The van der Waals surface area contributed by atoms with Crippen molar-refractivity contribution in [1.82, 2.24) is 9.88 Å². The van der Waals surface area contributed by atoms with Gasteiger partial charge in [-0.15, -0.1) is 23.7 Å². The van der Waals surface area contributed by atoms with Crippen molar-refractivity contribution in [2.75, 3.05) is 18.9 Å². The molecule has 3 rings (SSSR count). The van der Waals surface area contributed by atoms with E-state index >= 15 is 0 Å². The summed E-state index contributed by atoms with van der Waals surface area (Å²) in [4.78, 5) is 7.79. The van der Waals surface area contributed by atoms with Crippen molar-refractivity contribution in [2.45, 2.75) is 32.0 Å². The minimum absolute atomic E-state index is 0. The van der Waals surface area contributed by atoms with Crippen LogP contribution in [0.25, 0.3) is 0 Å². The fourth-order valence-corrected chi connectivity index (χ4v) is 3.45. The number of hydrogen-bond acceptors (Lipinski definition) is 5. The lowest BCUT2D eigenvalue weighted by atomic mass is 10.2. The Morgan fingerprint density at radius 3 is 2.73 bits per heavy atom. The number of nitrogens with zero attached hydrogens (tertiary/aromatic N) is 2. The Kier molecular flexibility index (Phi) is 6.64. The molecule has 0 spiro atoms. The van der Waals surface area contributed by atoms with Crippen LogP contribution in [0.3, 0.4) is 0 Å². The van der Waals surface area contributed by atoms with E-state index in [2.05, 4.69) is 40.2 Å². The third kappa shape index (κ3) is 4.95. The molecule has 2 aromatic rings. The maximum Gasteiger partial charge on any atom is 0.180 e. The summed E-state index contributed by atoms with van der Waals surface area (Å²) in [5.74, 6) is 0. The molecule has 1 saturated heterocycles. The van der Waals surface area contributed by atoms with Crippen molar-refractivity contribution in [3.63, 3.8) is 0 Å². The summed E-state index contributed by atoms with van der Waals surface area (Å²) in [5, 5.41) is 0.641. The normalized spacial score (nSPS) is 17.6. The van der Waals surface area contributed by atoms with E-state index in [1.165, 1.54) is 16.9 Å². The van der Waals surface area contributed by atoms with Crippen molar-refractivity contribution in [2.24, 2.45) is 0 Å². The highest BCUT2D eigenvalue weighted by atomic mass is 35.5. The molecule has 0 aliphatic carbocycles. The van der Waals surface area contributed by atoms with Gasteiger partial charge in [0.15, 0.2) is 5.13 Å². The highest BCUT2D eigenvalue weighted by Crippen LogP contribution is 2.20. The van der Waals surface area contributed by atoms with Crippen LogP contribution in [0.1, 0.15) is 23.3 Å². The molecule has 1 aromatic heterocycles. The maximum atomic E-state index is 5.79. The molecule has 2 N–H and O–H groups in total. The molecule has 0 radical (unpaired) electrons. The van der Waals surface area contributed by atoms with Gasteiger partial charge in [0, 0.05) is 37.3 Å². The first-order valence-electron chi connectivity index (χ1n) is 7.37. The Morgan fingerprint density at radius 1 is 1.27 bits per heavy atom. The van der Waals surface area contributed by atoms with E-state index in [4.69, 9.17) is 10.5 Å². The molecule has 6 heteroatoms. The van der Waals surface area contributed by atoms with Crippen molar-refractivity contribution in [3.8, 4) is 0 Å². The quantitative estimate of drug-likeness (QED) is 0.877. The monoisotopic (exact) mass is 339 g/mol. The van der Waals surface area contributed by atoms with E-state index in [1.54, 1.807) is 11.3 Å². The molecule has 1 fully saturated rings. The molecule has 1 aliphatic heterocycles. The average molecular weight is 340 g/mol. The third-order valence-electron chi connectivity index (χ3n) is 3.69. The molecule has 1 atom stereocenters. The van der Waals surface area contributed by atoms with Crippen molar-refractivity contribution < 1.29 is 4.74 Å². The maximum absolute atomic E-state index is 5.79. The Morgan fingerprint density at radius 2 is 2.09 bits per heavy atom. The molecule has 1 aliphatic rings. The Labute approximate surface area is 141 Å². The van der Waals surface area contributed by atoms with E-state index in [-0.39, 0.29) is 12.4 Å². The SMILES string of the molecule is Cl.Nc1ncc(CN(Cc2ccccc2)CC2CCCO2)s1. The summed E-state index contributed by atoms with van der Waals surface area (Å²) in [5.41, 5.74) is 7.06. The van der Waals surface area contributed by atoms with Gasteiger partial charge in [0.2, 0.25) is 0 Å². The van der Waals surface area contributed by atoms with Crippen LogP contribution < -0.4 is 5.73 Å². The van der Waals surface area contributed by atoms with E-state index in [0.29, 0.717) is 11.2 Å². The Hall–Kier alpha value is -1.14. The lowest BCUT2D eigenvalue weighted by Crippen LogP contribution is -2.31. The van der Waals surface area contributed by atoms with Crippen LogP contribution in [-0.4, -0.2) is 29.1 Å². The van der Waals surface area contributed by atoms with Gasteiger partial charge < -0.3 is 10.5 Å². The van der Waals surface area contributed by atoms with Crippen LogP contribution >= 0.6 is 23.7 Å². The summed E-state index contributed by atoms with van der Waals surface area (Å²) in [6.07, 6.45) is 4.58. The Balaban J connectivity index is 0.00000176. The number of ether oxygens (including phenoxy) is 1. The second-order valence-electron chi connectivity index (χ2n) is 5.46. The zero-order valence-electron chi connectivity index (χ0n) is 12.5. The smallest absolute Gasteiger partial charge is 0.180 e. The standard InChI is InChI=1S/C16H21N3OS.ClH/c17-16-18-9-15(21-16)12-19(11-14-7-4-8-20-14)10-13-5-2-1-3-6-13;/h1-3,5-6,9,14H,4,7-8,10-12H2,(H2,17,18);1H. The number of hydrogen-bond donors (Lipinski definition) is 1. The fourth-order valence-electron chi connectivity index (χ4n) is 2.72. The summed E-state index contributed by atoms with van der Waals surface area (Å²) < 4.78 is 5.79. The second-order valence-corrected chi connectivity index (χ2v) is 6.60. The largest absolute Gasteiger partial charge is 0.377 e. The molecule has 0 bridgehead atoms. The van der Waals surface area contributed by atoms with Crippen molar-refractivity contribution >= 4 is 28.9 Å². The first-order valence-corrected chi connectivity index (χ1v) is 8.19. The van der Waals surface area contributed by atoms with E-state index < -0.39 is 0 Å². The molecule has 0 amide bonds. The van der Waals surface area contributed by atoms with Crippen LogP contribution in [0.2, 0.25) is 0 Å². The molecule has 2 heterocycles. The van der Waals surface area contributed by atoms with Crippen LogP contribution in [0, 0.1) is 0 Å². The number of rotatable bonds is 6. The molecule has 22 heavy (non-hydrogen) atoms. The van der Waals surface area contributed by atoms with Gasteiger partial charge in [0.25, 0.3) is 0 Å². The second kappa shape index (κ2) is 8.48. The van der Waals surface area contributed by atoms with Gasteiger partial charge in [0.1, 0.15) is 0 Å². The fraction of sp³-hybridized carbons (Fsp3) is 0.438. The molecule has 1 aromatic carbocycles. The van der Waals surface area contributed by atoms with Crippen molar-refractivity contribution in [3.05, 3.63) is 47.0 Å². The van der Waals surface area contributed by atoms with Gasteiger partial charge in [-0.3, -0.25) is 4.90 Å². The summed E-state index contributed by atoms with van der Waals surface area (Å²) >= 11 is 1.57. The van der Waals surface area contributed by atoms with Crippen LogP contribution in [0.5, 0.6) is 0 Å².